The average molecular weight is 306 g/mol. The maximum atomic E-state index is 5.72. The van der Waals surface area contributed by atoms with Gasteiger partial charge in [-0.05, 0) is 34.3 Å². The van der Waals surface area contributed by atoms with E-state index in [4.69, 9.17) is 9.78 Å². The Labute approximate surface area is 137 Å². The topological polar surface area (TPSA) is 18.5 Å². The second kappa shape index (κ2) is 7.04. The lowest BCUT2D eigenvalue weighted by molar-refractivity contribution is -0.236. The van der Waals surface area contributed by atoms with Crippen molar-refractivity contribution in [2.45, 2.75) is 74.1 Å². The first-order chi connectivity index (χ1) is 9.97. The third kappa shape index (κ3) is 4.49. The van der Waals surface area contributed by atoms with Gasteiger partial charge in [-0.2, -0.15) is 4.89 Å². The molecule has 0 N–H and O–H groups in total. The molecule has 0 fully saturated rings. The fraction of sp³-hybridized carbons (Fsp3) is 0.700. The smallest absolute Gasteiger partial charge is 0.169 e. The van der Waals surface area contributed by atoms with Crippen LogP contribution in [0.4, 0.5) is 0 Å². The lowest BCUT2D eigenvalue weighted by Gasteiger charge is -2.37. The van der Waals surface area contributed by atoms with Gasteiger partial charge in [-0.25, -0.2) is 0 Å². The van der Waals surface area contributed by atoms with E-state index in [0.29, 0.717) is 18.4 Å². The van der Waals surface area contributed by atoms with E-state index in [-0.39, 0.29) is 10.8 Å². The van der Waals surface area contributed by atoms with E-state index in [9.17, 15) is 0 Å². The molecule has 0 heterocycles. The van der Waals surface area contributed by atoms with E-state index < -0.39 is 0 Å². The molecule has 0 atom stereocenters. The standard InChI is InChI=1S/C20H34O2/c1-14(2)16-11-10-12-17(18(16)15(3)4)22-21-13-20(8,9)19(5,6)7/h10-12,14-15H,13H2,1-9H3. The molecule has 0 unspecified atom stereocenters. The Hall–Kier alpha value is -1.02. The van der Waals surface area contributed by atoms with Gasteiger partial charge in [-0.1, -0.05) is 74.4 Å². The van der Waals surface area contributed by atoms with Crippen LogP contribution in [0.2, 0.25) is 0 Å². The minimum atomic E-state index is 0.0423. The molecule has 2 nitrogen and oxygen atoms in total. The molecule has 0 radical (unpaired) electrons. The molecular weight excluding hydrogens is 272 g/mol. The first-order valence-corrected chi connectivity index (χ1v) is 8.39. The highest BCUT2D eigenvalue weighted by atomic mass is 17.2. The Balaban J connectivity index is 2.89. The zero-order valence-corrected chi connectivity index (χ0v) is 15.9. The van der Waals surface area contributed by atoms with Crippen LogP contribution in [0.1, 0.15) is 85.3 Å². The predicted molar refractivity (Wildman–Crippen MR) is 94.4 cm³/mol. The molecule has 0 aromatic heterocycles. The predicted octanol–water partition coefficient (Wildman–Crippen LogP) is 6.32. The van der Waals surface area contributed by atoms with Crippen LogP contribution in [0.5, 0.6) is 5.75 Å². The van der Waals surface area contributed by atoms with Crippen molar-refractivity contribution < 1.29 is 9.78 Å². The summed E-state index contributed by atoms with van der Waals surface area (Å²) in [7, 11) is 0. The monoisotopic (exact) mass is 306 g/mol. The molecule has 0 aliphatic carbocycles. The van der Waals surface area contributed by atoms with Crippen molar-refractivity contribution in [1.82, 2.24) is 0 Å². The highest BCUT2D eigenvalue weighted by Gasteiger charge is 2.33. The largest absolute Gasteiger partial charge is 0.337 e. The Morgan fingerprint density at radius 2 is 1.50 bits per heavy atom. The summed E-state index contributed by atoms with van der Waals surface area (Å²) in [4.78, 5) is 11.4. The molecule has 0 saturated heterocycles. The summed E-state index contributed by atoms with van der Waals surface area (Å²) in [6.07, 6.45) is 0. The van der Waals surface area contributed by atoms with Crippen molar-refractivity contribution in [3.8, 4) is 5.75 Å². The lowest BCUT2D eigenvalue weighted by atomic mass is 9.70. The molecule has 22 heavy (non-hydrogen) atoms. The van der Waals surface area contributed by atoms with Gasteiger partial charge in [-0.3, -0.25) is 0 Å². The lowest BCUT2D eigenvalue weighted by Crippen LogP contribution is -2.34. The van der Waals surface area contributed by atoms with Gasteiger partial charge in [0.1, 0.15) is 0 Å². The van der Waals surface area contributed by atoms with E-state index in [1.807, 2.05) is 6.07 Å². The van der Waals surface area contributed by atoms with Gasteiger partial charge in [0.15, 0.2) is 5.75 Å². The number of hydrogen-bond donors (Lipinski definition) is 0. The van der Waals surface area contributed by atoms with Gasteiger partial charge in [0.2, 0.25) is 0 Å². The van der Waals surface area contributed by atoms with Gasteiger partial charge < -0.3 is 4.89 Å². The Bertz CT molecular complexity index is 479. The van der Waals surface area contributed by atoms with Crippen LogP contribution < -0.4 is 4.89 Å². The summed E-state index contributed by atoms with van der Waals surface area (Å²) in [5, 5.41) is 0. The van der Waals surface area contributed by atoms with Gasteiger partial charge >= 0.3 is 0 Å². The molecule has 0 saturated carbocycles. The van der Waals surface area contributed by atoms with Crippen LogP contribution in [0, 0.1) is 10.8 Å². The third-order valence-corrected chi connectivity index (χ3v) is 4.90. The molecule has 1 aromatic carbocycles. The van der Waals surface area contributed by atoms with Gasteiger partial charge in [0.25, 0.3) is 0 Å². The van der Waals surface area contributed by atoms with Crippen LogP contribution in [-0.2, 0) is 4.89 Å². The highest BCUT2D eigenvalue weighted by molar-refractivity contribution is 5.43. The average Bonchev–Trinajstić information content (AvgIpc) is 2.36. The molecule has 126 valence electrons. The van der Waals surface area contributed by atoms with Crippen LogP contribution in [-0.4, -0.2) is 6.61 Å². The first kappa shape index (κ1) is 19.0. The maximum Gasteiger partial charge on any atom is 0.169 e. The summed E-state index contributed by atoms with van der Waals surface area (Å²) in [5.41, 5.74) is 2.80. The third-order valence-electron chi connectivity index (χ3n) is 4.90. The maximum absolute atomic E-state index is 5.72. The SMILES string of the molecule is CC(C)c1cccc(OOCC(C)(C)C(C)(C)C)c1C(C)C. The zero-order chi connectivity index (χ0) is 17.1. The fourth-order valence-electron chi connectivity index (χ4n) is 2.21. The van der Waals surface area contributed by atoms with Crippen molar-refractivity contribution >= 4 is 0 Å². The van der Waals surface area contributed by atoms with Crippen molar-refractivity contribution in [3.05, 3.63) is 29.3 Å². The fourth-order valence-corrected chi connectivity index (χ4v) is 2.21. The van der Waals surface area contributed by atoms with Gasteiger partial charge in [0, 0.05) is 5.56 Å². The number of hydrogen-bond acceptors (Lipinski definition) is 2. The molecule has 1 rings (SSSR count). The quantitative estimate of drug-likeness (QED) is 0.452. The summed E-state index contributed by atoms with van der Waals surface area (Å²) in [5.74, 6) is 1.74. The van der Waals surface area contributed by atoms with Crippen molar-refractivity contribution in [3.63, 3.8) is 0 Å². The van der Waals surface area contributed by atoms with E-state index >= 15 is 0 Å². The summed E-state index contributed by atoms with van der Waals surface area (Å²) >= 11 is 0. The molecule has 0 spiro atoms. The summed E-state index contributed by atoms with van der Waals surface area (Å²) in [6, 6.07) is 6.24. The van der Waals surface area contributed by atoms with E-state index in [1.54, 1.807) is 0 Å². The Kier molecular flexibility index (Phi) is 6.09. The van der Waals surface area contributed by atoms with E-state index in [2.05, 4.69) is 74.4 Å². The molecule has 1 aromatic rings. The zero-order valence-electron chi connectivity index (χ0n) is 15.9. The molecular formula is C20H34O2. The minimum Gasteiger partial charge on any atom is -0.337 e. The van der Waals surface area contributed by atoms with Crippen LogP contribution in [0.25, 0.3) is 0 Å². The number of benzene rings is 1. The molecule has 0 bridgehead atoms. The van der Waals surface area contributed by atoms with Crippen molar-refractivity contribution in [1.29, 1.82) is 0 Å². The van der Waals surface area contributed by atoms with Crippen LogP contribution in [0.15, 0.2) is 18.2 Å². The molecule has 0 aliphatic heterocycles. The van der Waals surface area contributed by atoms with Crippen LogP contribution >= 0.6 is 0 Å². The second-order valence-corrected chi connectivity index (χ2v) is 8.55. The Morgan fingerprint density at radius 1 is 0.909 bits per heavy atom. The van der Waals surface area contributed by atoms with Crippen LogP contribution in [0.3, 0.4) is 0 Å². The Morgan fingerprint density at radius 3 is 1.95 bits per heavy atom. The highest BCUT2D eigenvalue weighted by Crippen LogP contribution is 2.39. The van der Waals surface area contributed by atoms with E-state index in [1.165, 1.54) is 11.1 Å². The molecule has 2 heteroatoms. The second-order valence-electron chi connectivity index (χ2n) is 8.55. The molecule has 0 amide bonds. The number of rotatable bonds is 6. The van der Waals surface area contributed by atoms with Gasteiger partial charge in [0.05, 0.1) is 6.61 Å². The summed E-state index contributed by atoms with van der Waals surface area (Å²) in [6.45, 7) is 20.5. The van der Waals surface area contributed by atoms with Crippen molar-refractivity contribution in [2.24, 2.45) is 10.8 Å². The first-order valence-electron chi connectivity index (χ1n) is 8.39. The van der Waals surface area contributed by atoms with Crippen molar-refractivity contribution in [2.75, 3.05) is 6.61 Å². The minimum absolute atomic E-state index is 0.0423. The van der Waals surface area contributed by atoms with E-state index in [0.717, 1.165) is 5.75 Å². The molecule has 0 aliphatic rings. The van der Waals surface area contributed by atoms with Gasteiger partial charge in [-0.15, -0.1) is 0 Å². The normalized spacial score (nSPS) is 13.0. The summed E-state index contributed by atoms with van der Waals surface area (Å²) < 4.78 is 0.